The van der Waals surface area contributed by atoms with E-state index >= 15 is 0 Å². The van der Waals surface area contributed by atoms with Crippen LogP contribution in [0.4, 0.5) is 0 Å². The highest BCUT2D eigenvalue weighted by Crippen LogP contribution is 2.20. The van der Waals surface area contributed by atoms with Crippen LogP contribution < -0.4 is 10.2 Å². The third-order valence-corrected chi connectivity index (χ3v) is 4.91. The monoisotopic (exact) mass is 372 g/mol. The number of rotatable bonds is 11. The highest BCUT2D eigenvalue weighted by Gasteiger charge is 2.14. The van der Waals surface area contributed by atoms with Crippen molar-refractivity contribution in [1.29, 1.82) is 0 Å². The van der Waals surface area contributed by atoms with E-state index in [-0.39, 0.29) is 5.43 Å². The van der Waals surface area contributed by atoms with Crippen LogP contribution in [0.2, 0.25) is 0 Å². The van der Waals surface area contributed by atoms with E-state index in [0.717, 1.165) is 41.0 Å². The molecular formula is C23H36N2O2. The van der Waals surface area contributed by atoms with E-state index in [1.165, 1.54) is 25.7 Å². The first-order valence-corrected chi connectivity index (χ1v) is 10.5. The van der Waals surface area contributed by atoms with Crippen molar-refractivity contribution >= 4 is 10.9 Å². The summed E-state index contributed by atoms with van der Waals surface area (Å²) < 4.78 is 5.82. The molecule has 0 fully saturated rings. The predicted octanol–water partition coefficient (Wildman–Crippen LogP) is 5.27. The molecule has 2 aromatic rings. The first-order chi connectivity index (χ1) is 13.0. The molecule has 27 heavy (non-hydrogen) atoms. The highest BCUT2D eigenvalue weighted by atomic mass is 16.5. The summed E-state index contributed by atoms with van der Waals surface area (Å²) in [7, 11) is 0. The third kappa shape index (κ3) is 6.10. The average Bonchev–Trinajstić information content (AvgIpc) is 2.65. The lowest BCUT2D eigenvalue weighted by Gasteiger charge is -2.23. The van der Waals surface area contributed by atoms with Crippen LogP contribution in [-0.2, 0) is 6.54 Å². The normalized spacial score (nSPS) is 11.7. The fraction of sp³-hybridized carbons (Fsp3) is 0.609. The van der Waals surface area contributed by atoms with Crippen molar-refractivity contribution < 1.29 is 4.74 Å². The first kappa shape index (κ1) is 21.5. The van der Waals surface area contributed by atoms with Crippen molar-refractivity contribution in [2.75, 3.05) is 19.7 Å². The Labute approximate surface area is 163 Å². The highest BCUT2D eigenvalue weighted by molar-refractivity contribution is 5.81. The molecule has 150 valence electrons. The quantitative estimate of drug-likeness (QED) is 0.584. The molecule has 1 aromatic carbocycles. The van der Waals surface area contributed by atoms with Gasteiger partial charge in [-0.3, -0.25) is 9.69 Å². The number of ether oxygens (including phenoxy) is 1. The van der Waals surface area contributed by atoms with E-state index in [1.807, 2.05) is 25.1 Å². The molecule has 4 nitrogen and oxygen atoms in total. The van der Waals surface area contributed by atoms with E-state index < -0.39 is 0 Å². The number of fused-ring (bicyclic) bond motifs is 1. The number of unbranched alkanes of at least 4 members (excludes halogenated alkanes) is 2. The van der Waals surface area contributed by atoms with Gasteiger partial charge in [-0.25, -0.2) is 0 Å². The van der Waals surface area contributed by atoms with Gasteiger partial charge >= 0.3 is 0 Å². The number of benzene rings is 1. The standard InChI is InChI=1S/C23H36N2O2/c1-6-8-12-25(13-9-7-2)15-21-18(5)24-22-11-10-19(27-16-17(3)4)14-20(22)23(21)26/h10-11,14,17H,6-9,12-13,15-16H2,1-5H3,(H,24,26). The molecule has 0 aliphatic rings. The summed E-state index contributed by atoms with van der Waals surface area (Å²) >= 11 is 0. The fourth-order valence-corrected chi connectivity index (χ4v) is 3.23. The molecule has 0 saturated heterocycles. The number of H-pyrrole nitrogens is 1. The van der Waals surface area contributed by atoms with Crippen LogP contribution in [0.15, 0.2) is 23.0 Å². The van der Waals surface area contributed by atoms with Crippen molar-refractivity contribution in [3.8, 4) is 5.75 Å². The molecule has 0 radical (unpaired) electrons. The van der Waals surface area contributed by atoms with E-state index in [4.69, 9.17) is 4.74 Å². The molecule has 1 heterocycles. The Balaban J connectivity index is 2.32. The van der Waals surface area contributed by atoms with Crippen LogP contribution in [0.3, 0.4) is 0 Å². The maximum absolute atomic E-state index is 13.2. The van der Waals surface area contributed by atoms with Crippen molar-refractivity contribution in [2.24, 2.45) is 5.92 Å². The Morgan fingerprint density at radius 2 is 1.78 bits per heavy atom. The number of nitrogens with one attached hydrogen (secondary N) is 1. The molecule has 4 heteroatoms. The summed E-state index contributed by atoms with van der Waals surface area (Å²) in [5, 5.41) is 0.725. The van der Waals surface area contributed by atoms with Crippen molar-refractivity contribution in [3.05, 3.63) is 39.7 Å². The summed E-state index contributed by atoms with van der Waals surface area (Å²) in [5.74, 6) is 1.23. The van der Waals surface area contributed by atoms with E-state index in [2.05, 4.69) is 37.6 Å². The topological polar surface area (TPSA) is 45.3 Å². The number of nitrogens with zero attached hydrogens (tertiary/aromatic N) is 1. The zero-order valence-electron chi connectivity index (χ0n) is 17.7. The Hall–Kier alpha value is -1.81. The predicted molar refractivity (Wildman–Crippen MR) is 115 cm³/mol. The molecule has 0 unspecified atom stereocenters. The average molecular weight is 373 g/mol. The SMILES string of the molecule is CCCCN(CCCC)Cc1c(C)[nH]c2ccc(OCC(C)C)cc2c1=O. The minimum absolute atomic E-state index is 0.134. The Morgan fingerprint density at radius 3 is 2.37 bits per heavy atom. The van der Waals surface area contributed by atoms with Gasteiger partial charge in [-0.05, 0) is 57.0 Å². The van der Waals surface area contributed by atoms with Gasteiger partial charge in [0.25, 0.3) is 0 Å². The largest absolute Gasteiger partial charge is 0.493 e. The van der Waals surface area contributed by atoms with Gasteiger partial charge in [-0.15, -0.1) is 0 Å². The molecular weight excluding hydrogens is 336 g/mol. The maximum Gasteiger partial charge on any atom is 0.194 e. The van der Waals surface area contributed by atoms with Gasteiger partial charge in [0.15, 0.2) is 5.43 Å². The van der Waals surface area contributed by atoms with Crippen LogP contribution in [0.5, 0.6) is 5.75 Å². The van der Waals surface area contributed by atoms with Crippen LogP contribution in [-0.4, -0.2) is 29.6 Å². The molecule has 0 aliphatic heterocycles. The summed E-state index contributed by atoms with van der Waals surface area (Å²) in [4.78, 5) is 19.1. The second kappa shape index (κ2) is 10.5. The van der Waals surface area contributed by atoms with E-state index in [1.54, 1.807) is 0 Å². The van der Waals surface area contributed by atoms with Gasteiger partial charge in [-0.2, -0.15) is 0 Å². The van der Waals surface area contributed by atoms with Crippen LogP contribution in [0, 0.1) is 12.8 Å². The van der Waals surface area contributed by atoms with Gasteiger partial charge in [0, 0.05) is 28.7 Å². The van der Waals surface area contributed by atoms with Crippen molar-refractivity contribution in [2.45, 2.75) is 66.8 Å². The molecule has 0 amide bonds. The number of aromatic nitrogens is 1. The Bertz CT molecular complexity index is 772. The lowest BCUT2D eigenvalue weighted by molar-refractivity contribution is 0.256. The number of aromatic amines is 1. The van der Waals surface area contributed by atoms with Gasteiger partial charge in [0.1, 0.15) is 5.75 Å². The Morgan fingerprint density at radius 1 is 1.11 bits per heavy atom. The van der Waals surface area contributed by atoms with Crippen LogP contribution in [0.25, 0.3) is 10.9 Å². The molecule has 0 spiro atoms. The smallest absolute Gasteiger partial charge is 0.194 e. The summed E-state index contributed by atoms with van der Waals surface area (Å²) in [5.41, 5.74) is 2.87. The summed E-state index contributed by atoms with van der Waals surface area (Å²) in [6.45, 7) is 14.1. The maximum atomic E-state index is 13.2. The third-order valence-electron chi connectivity index (χ3n) is 4.91. The lowest BCUT2D eigenvalue weighted by atomic mass is 10.1. The number of aryl methyl sites for hydroxylation is 1. The zero-order valence-corrected chi connectivity index (χ0v) is 17.7. The van der Waals surface area contributed by atoms with E-state index in [9.17, 15) is 4.79 Å². The molecule has 2 rings (SSSR count). The van der Waals surface area contributed by atoms with Crippen LogP contribution >= 0.6 is 0 Å². The fourth-order valence-electron chi connectivity index (χ4n) is 3.23. The molecule has 1 N–H and O–H groups in total. The second-order valence-corrected chi connectivity index (χ2v) is 7.95. The summed E-state index contributed by atoms with van der Waals surface area (Å²) in [6.07, 6.45) is 4.68. The second-order valence-electron chi connectivity index (χ2n) is 7.95. The molecule has 0 aliphatic carbocycles. The van der Waals surface area contributed by atoms with E-state index in [0.29, 0.717) is 19.1 Å². The molecule has 1 aromatic heterocycles. The van der Waals surface area contributed by atoms with Gasteiger partial charge < -0.3 is 9.72 Å². The lowest BCUT2D eigenvalue weighted by Crippen LogP contribution is -2.29. The minimum atomic E-state index is 0.134. The molecule has 0 atom stereocenters. The van der Waals surface area contributed by atoms with Gasteiger partial charge in [0.05, 0.1) is 6.61 Å². The number of hydrogen-bond donors (Lipinski definition) is 1. The van der Waals surface area contributed by atoms with Crippen molar-refractivity contribution in [3.63, 3.8) is 0 Å². The van der Waals surface area contributed by atoms with Crippen molar-refractivity contribution in [1.82, 2.24) is 9.88 Å². The minimum Gasteiger partial charge on any atom is -0.493 e. The number of pyridine rings is 1. The van der Waals surface area contributed by atoms with Gasteiger partial charge in [0.2, 0.25) is 0 Å². The first-order valence-electron chi connectivity index (χ1n) is 10.5. The molecule has 0 bridgehead atoms. The number of hydrogen-bond acceptors (Lipinski definition) is 3. The summed E-state index contributed by atoms with van der Waals surface area (Å²) in [6, 6.07) is 5.78. The molecule has 0 saturated carbocycles. The Kier molecular flexibility index (Phi) is 8.36. The van der Waals surface area contributed by atoms with Gasteiger partial charge in [-0.1, -0.05) is 40.5 Å². The van der Waals surface area contributed by atoms with Crippen LogP contribution in [0.1, 0.15) is 64.6 Å². The zero-order chi connectivity index (χ0) is 19.8.